The van der Waals surface area contributed by atoms with E-state index in [-0.39, 0.29) is 11.4 Å². The van der Waals surface area contributed by atoms with Crippen molar-refractivity contribution < 1.29 is 9.59 Å². The van der Waals surface area contributed by atoms with E-state index in [0.717, 1.165) is 32.9 Å². The fraction of sp³-hybridized carbons (Fsp3) is 0. The van der Waals surface area contributed by atoms with Crippen LogP contribution in [0.5, 0.6) is 0 Å². The number of rotatable bonds is 6. The number of fused-ring (bicyclic) bond motifs is 2. The van der Waals surface area contributed by atoms with Crippen LogP contribution in [0.1, 0.15) is 32.1 Å². The van der Waals surface area contributed by atoms with Crippen LogP contribution < -0.4 is 10.9 Å². The maximum absolute atomic E-state index is 12.5. The second-order valence-electron chi connectivity index (χ2n) is 7.64. The van der Waals surface area contributed by atoms with E-state index in [0.29, 0.717) is 0 Å². The van der Waals surface area contributed by atoms with Crippen LogP contribution in [0.2, 0.25) is 0 Å². The number of aromatic nitrogens is 3. The highest BCUT2D eigenvalue weighted by Crippen LogP contribution is 2.15. The lowest BCUT2D eigenvalue weighted by Crippen LogP contribution is -2.23. The average molecular weight is 473 g/mol. The number of benzene rings is 2. The van der Waals surface area contributed by atoms with E-state index in [1.807, 2.05) is 48.5 Å². The molecule has 36 heavy (non-hydrogen) atoms. The smallest absolute Gasteiger partial charge is 0.266 e. The summed E-state index contributed by atoms with van der Waals surface area (Å²) in [6, 6.07) is 23.4. The maximum atomic E-state index is 12.5. The number of nitrogens with zero attached hydrogens (tertiary/aromatic N) is 5. The normalized spacial score (nSPS) is 11.3. The topological polar surface area (TPSA) is 122 Å². The van der Waals surface area contributed by atoms with Gasteiger partial charge in [0.15, 0.2) is 0 Å². The van der Waals surface area contributed by atoms with Gasteiger partial charge in [0.25, 0.3) is 11.8 Å². The third-order valence-electron chi connectivity index (χ3n) is 5.32. The number of para-hydroxylation sites is 2. The molecule has 2 aromatic carbocycles. The molecule has 2 N–H and O–H groups in total. The number of hydrogen-bond acceptors (Lipinski definition) is 7. The zero-order valence-corrected chi connectivity index (χ0v) is 18.9. The van der Waals surface area contributed by atoms with Gasteiger partial charge in [-0.15, -0.1) is 0 Å². The number of pyridine rings is 3. The van der Waals surface area contributed by atoms with E-state index >= 15 is 0 Å². The first-order valence-electron chi connectivity index (χ1n) is 11.0. The second-order valence-corrected chi connectivity index (χ2v) is 7.64. The molecule has 9 nitrogen and oxygen atoms in total. The standard InChI is InChI=1S/C27H19N7O2/c35-26(33-30-16-18-12-14-28-22-8-3-1-6-20(18)22)24-10-5-11-25(32-24)27(36)34-31-17-19-13-15-29-23-9-4-2-7-21(19)23/h1-17H,(H,33,35)(H,34,36)/b30-16+,31-17+. The summed E-state index contributed by atoms with van der Waals surface area (Å²) in [5.41, 5.74) is 8.24. The van der Waals surface area contributed by atoms with Crippen LogP contribution in [0.4, 0.5) is 0 Å². The van der Waals surface area contributed by atoms with E-state index in [4.69, 9.17) is 0 Å². The molecule has 0 atom stereocenters. The minimum atomic E-state index is -0.550. The predicted octanol–water partition coefficient (Wildman–Crippen LogP) is 3.71. The number of carbonyl (C=O) groups is 2. The molecule has 3 heterocycles. The van der Waals surface area contributed by atoms with Crippen molar-refractivity contribution in [3.05, 3.63) is 114 Å². The molecule has 0 unspecified atom stereocenters. The van der Waals surface area contributed by atoms with Gasteiger partial charge >= 0.3 is 0 Å². The lowest BCUT2D eigenvalue weighted by molar-refractivity contribution is 0.0945. The quantitative estimate of drug-likeness (QED) is 0.288. The molecule has 5 aromatic rings. The van der Waals surface area contributed by atoms with Gasteiger partial charge in [0.05, 0.1) is 23.5 Å². The van der Waals surface area contributed by atoms with Crippen molar-refractivity contribution in [3.63, 3.8) is 0 Å². The molecule has 0 saturated heterocycles. The van der Waals surface area contributed by atoms with Gasteiger partial charge in [-0.2, -0.15) is 10.2 Å². The molecule has 5 rings (SSSR count). The van der Waals surface area contributed by atoms with Gasteiger partial charge in [-0.1, -0.05) is 42.5 Å². The fourth-order valence-electron chi connectivity index (χ4n) is 3.58. The Hall–Kier alpha value is -5.31. The van der Waals surface area contributed by atoms with Crippen LogP contribution in [0.15, 0.2) is 101 Å². The van der Waals surface area contributed by atoms with Crippen molar-refractivity contribution in [2.75, 3.05) is 0 Å². The van der Waals surface area contributed by atoms with Crippen LogP contribution >= 0.6 is 0 Å². The second kappa shape index (κ2) is 10.3. The largest absolute Gasteiger partial charge is 0.289 e. The maximum Gasteiger partial charge on any atom is 0.289 e. The van der Waals surface area contributed by atoms with E-state index in [2.05, 4.69) is 36.0 Å². The molecular weight excluding hydrogens is 454 g/mol. The molecule has 0 fully saturated rings. The van der Waals surface area contributed by atoms with Crippen molar-refractivity contribution in [2.24, 2.45) is 10.2 Å². The van der Waals surface area contributed by atoms with Crippen molar-refractivity contribution in [2.45, 2.75) is 0 Å². The first-order chi connectivity index (χ1) is 17.7. The summed E-state index contributed by atoms with van der Waals surface area (Å²) in [4.78, 5) is 37.8. The highest BCUT2D eigenvalue weighted by atomic mass is 16.2. The van der Waals surface area contributed by atoms with E-state index in [9.17, 15) is 9.59 Å². The first-order valence-corrected chi connectivity index (χ1v) is 11.0. The number of amides is 2. The molecule has 9 heteroatoms. The van der Waals surface area contributed by atoms with Gasteiger partial charge in [-0.25, -0.2) is 15.8 Å². The molecular formula is C27H19N7O2. The Labute approximate surface area is 205 Å². The molecule has 2 amide bonds. The van der Waals surface area contributed by atoms with Crippen molar-refractivity contribution in [1.29, 1.82) is 0 Å². The molecule has 0 aliphatic rings. The van der Waals surface area contributed by atoms with Gasteiger partial charge in [-0.3, -0.25) is 19.6 Å². The molecule has 0 radical (unpaired) electrons. The molecule has 0 saturated carbocycles. The summed E-state index contributed by atoms with van der Waals surface area (Å²) >= 11 is 0. The minimum absolute atomic E-state index is 0.0449. The molecule has 0 spiro atoms. The Bertz CT molecular complexity index is 1520. The summed E-state index contributed by atoms with van der Waals surface area (Å²) < 4.78 is 0. The van der Waals surface area contributed by atoms with Crippen LogP contribution in [-0.4, -0.2) is 39.2 Å². The van der Waals surface area contributed by atoms with Gasteiger partial charge in [0.2, 0.25) is 0 Å². The molecule has 0 bridgehead atoms. The summed E-state index contributed by atoms with van der Waals surface area (Å²) in [6.07, 6.45) is 6.43. The van der Waals surface area contributed by atoms with E-state index in [1.165, 1.54) is 24.6 Å². The Morgan fingerprint density at radius 1 is 0.611 bits per heavy atom. The summed E-state index contributed by atoms with van der Waals surface area (Å²) in [7, 11) is 0. The summed E-state index contributed by atoms with van der Waals surface area (Å²) in [5.74, 6) is -1.10. The number of carbonyl (C=O) groups excluding carboxylic acids is 2. The zero-order valence-electron chi connectivity index (χ0n) is 18.9. The molecule has 0 aliphatic heterocycles. The van der Waals surface area contributed by atoms with Crippen LogP contribution in [0, 0.1) is 0 Å². The van der Waals surface area contributed by atoms with E-state index < -0.39 is 11.8 Å². The average Bonchev–Trinajstić information content (AvgIpc) is 2.93. The lowest BCUT2D eigenvalue weighted by atomic mass is 10.1. The minimum Gasteiger partial charge on any atom is -0.266 e. The Morgan fingerprint density at radius 2 is 1.08 bits per heavy atom. The van der Waals surface area contributed by atoms with Crippen molar-refractivity contribution >= 4 is 46.0 Å². The molecule has 174 valence electrons. The Morgan fingerprint density at radius 3 is 1.58 bits per heavy atom. The zero-order chi connectivity index (χ0) is 24.7. The van der Waals surface area contributed by atoms with Crippen molar-refractivity contribution in [1.82, 2.24) is 25.8 Å². The highest BCUT2D eigenvalue weighted by molar-refractivity contribution is 6.01. The van der Waals surface area contributed by atoms with Crippen molar-refractivity contribution in [3.8, 4) is 0 Å². The first kappa shape index (κ1) is 22.5. The third-order valence-corrected chi connectivity index (χ3v) is 5.32. The Kier molecular flexibility index (Phi) is 6.44. The molecule has 3 aromatic heterocycles. The number of hydrazone groups is 2. The highest BCUT2D eigenvalue weighted by Gasteiger charge is 2.12. The monoisotopic (exact) mass is 473 g/mol. The number of hydrogen-bond donors (Lipinski definition) is 2. The SMILES string of the molecule is O=C(N/N=C/c1ccnc2ccccc12)c1cccc(C(=O)N/N=C/c2ccnc3ccccc23)n1. The predicted molar refractivity (Wildman–Crippen MR) is 138 cm³/mol. The van der Waals surface area contributed by atoms with Gasteiger partial charge in [0, 0.05) is 34.3 Å². The van der Waals surface area contributed by atoms with Crippen LogP contribution in [-0.2, 0) is 0 Å². The van der Waals surface area contributed by atoms with E-state index in [1.54, 1.807) is 30.6 Å². The fourth-order valence-corrected chi connectivity index (χ4v) is 3.58. The molecule has 0 aliphatic carbocycles. The summed E-state index contributed by atoms with van der Waals surface area (Å²) in [6.45, 7) is 0. The van der Waals surface area contributed by atoms with Crippen LogP contribution in [0.3, 0.4) is 0 Å². The summed E-state index contributed by atoms with van der Waals surface area (Å²) in [5, 5.41) is 9.88. The lowest BCUT2D eigenvalue weighted by Gasteiger charge is -2.04. The third kappa shape index (κ3) is 4.95. The number of nitrogens with one attached hydrogen (secondary N) is 2. The van der Waals surface area contributed by atoms with Gasteiger partial charge in [-0.05, 0) is 36.4 Å². The van der Waals surface area contributed by atoms with Gasteiger partial charge < -0.3 is 0 Å². The van der Waals surface area contributed by atoms with Gasteiger partial charge in [0.1, 0.15) is 11.4 Å². The Balaban J connectivity index is 1.24. The van der Waals surface area contributed by atoms with Crippen LogP contribution in [0.25, 0.3) is 21.8 Å².